The smallest absolute Gasteiger partial charge is 0.364 e. The Balaban J connectivity index is 2.43. The summed E-state index contributed by atoms with van der Waals surface area (Å²) in [7, 11) is 0. The molecule has 2 bridgehead atoms. The van der Waals surface area contributed by atoms with Gasteiger partial charge in [-0.2, -0.15) is 0 Å². The minimum absolute atomic E-state index is 0.461. The number of aliphatic carboxylic acids is 1. The maximum atomic E-state index is 11.4. The fraction of sp³-hybridized carbons (Fsp3) is 0.833. The molecule has 2 fully saturated rings. The first-order valence-corrected chi connectivity index (χ1v) is 6.68. The van der Waals surface area contributed by atoms with Gasteiger partial charge in [-0.05, 0) is 0 Å². The molecule has 2 saturated heterocycles. The van der Waals surface area contributed by atoms with Crippen molar-refractivity contribution < 1.29 is 44.6 Å². The van der Waals surface area contributed by atoms with Crippen LogP contribution in [0.15, 0.2) is 0 Å². The van der Waals surface area contributed by atoms with Crippen LogP contribution in [0.5, 0.6) is 0 Å². The van der Waals surface area contributed by atoms with Gasteiger partial charge < -0.3 is 40.3 Å². The Morgan fingerprint density at radius 1 is 1.41 bits per heavy atom. The first kappa shape index (κ1) is 17.1. The summed E-state index contributed by atoms with van der Waals surface area (Å²) in [5.74, 6) is -4.22. The van der Waals surface area contributed by atoms with Crippen LogP contribution >= 0.6 is 0 Å². The predicted molar refractivity (Wildman–Crippen MR) is 67.5 cm³/mol. The Kier molecular flexibility index (Phi) is 4.44. The number of hydrogen-bond acceptors (Lipinski definition) is 8. The molecule has 10 heteroatoms. The first-order chi connectivity index (χ1) is 10.2. The average Bonchev–Trinajstić information content (AvgIpc) is 2.79. The summed E-state index contributed by atoms with van der Waals surface area (Å²) < 4.78 is 10.5. The molecule has 126 valence electrons. The molecule has 0 aliphatic carbocycles. The molecule has 0 aromatic rings. The third-order valence-corrected chi connectivity index (χ3v) is 4.01. The molecule has 0 aromatic carbocycles. The van der Waals surface area contributed by atoms with Gasteiger partial charge >= 0.3 is 5.97 Å². The van der Waals surface area contributed by atoms with Gasteiger partial charge in [0.15, 0.2) is 0 Å². The second-order valence-corrected chi connectivity index (χ2v) is 5.55. The van der Waals surface area contributed by atoms with E-state index in [1.165, 1.54) is 6.92 Å². The number of carbonyl (C=O) groups is 2. The highest BCUT2D eigenvalue weighted by atomic mass is 16.8. The predicted octanol–water partition coefficient (Wildman–Crippen LogP) is -3.46. The van der Waals surface area contributed by atoms with Gasteiger partial charge in [0.05, 0.1) is 25.4 Å². The van der Waals surface area contributed by atoms with E-state index in [0.29, 0.717) is 0 Å². The summed E-state index contributed by atoms with van der Waals surface area (Å²) in [6, 6.07) is -1.21. The van der Waals surface area contributed by atoms with Gasteiger partial charge in [0.25, 0.3) is 5.79 Å². The van der Waals surface area contributed by atoms with Crippen LogP contribution in [0.1, 0.15) is 13.3 Å². The van der Waals surface area contributed by atoms with E-state index >= 15 is 0 Å². The monoisotopic (exact) mass is 321 g/mol. The SMILES string of the molecule is CC(=O)N[C@@H]1[C@@H](O)C[C@]2(C(=O)O)OC[C@@]1([C@H](O)[C@H](O)CO)O2. The molecule has 2 aliphatic heterocycles. The second-order valence-electron chi connectivity index (χ2n) is 5.55. The summed E-state index contributed by atoms with van der Waals surface area (Å²) in [4.78, 5) is 22.7. The number of fused-ring (bicyclic) bond motifs is 2. The van der Waals surface area contributed by atoms with Gasteiger partial charge in [0.2, 0.25) is 5.91 Å². The van der Waals surface area contributed by atoms with Gasteiger partial charge in [-0.25, -0.2) is 4.79 Å². The van der Waals surface area contributed by atoms with Crippen LogP contribution in [-0.2, 0) is 19.1 Å². The number of carboxylic acid groups (broad SMARTS) is 1. The maximum Gasteiger partial charge on any atom is 0.364 e. The molecule has 1 amide bonds. The summed E-state index contributed by atoms with van der Waals surface area (Å²) >= 11 is 0. The van der Waals surface area contributed by atoms with E-state index in [1.54, 1.807) is 0 Å². The van der Waals surface area contributed by atoms with Crippen LogP contribution in [0.4, 0.5) is 0 Å². The molecule has 0 unspecified atom stereocenters. The zero-order chi connectivity index (χ0) is 16.7. The van der Waals surface area contributed by atoms with Crippen molar-refractivity contribution in [1.82, 2.24) is 5.32 Å². The molecule has 6 N–H and O–H groups in total. The lowest BCUT2D eigenvalue weighted by atomic mass is 9.79. The minimum Gasteiger partial charge on any atom is -0.477 e. The Hall–Kier alpha value is -1.30. The van der Waals surface area contributed by atoms with E-state index in [9.17, 15) is 30.0 Å². The largest absolute Gasteiger partial charge is 0.477 e. The highest BCUT2D eigenvalue weighted by Gasteiger charge is 2.68. The summed E-state index contributed by atoms with van der Waals surface area (Å²) in [6.07, 6.45) is -5.31. The third-order valence-electron chi connectivity index (χ3n) is 4.01. The van der Waals surface area contributed by atoms with Gasteiger partial charge in [0, 0.05) is 13.3 Å². The van der Waals surface area contributed by atoms with Gasteiger partial charge in [-0.1, -0.05) is 0 Å². The van der Waals surface area contributed by atoms with E-state index in [2.05, 4.69) is 5.32 Å². The minimum atomic E-state index is -2.18. The number of carbonyl (C=O) groups excluding carboxylic acids is 1. The standard InChI is InChI=1S/C12H19NO9/c1-5(15)13-8-6(16)2-12(10(19)20)21-4-11(8,22-12)9(18)7(17)3-14/h6-9,14,16-18H,2-4H2,1H3,(H,13,15)(H,19,20)/t6-,7+,8+,9+,11+,12-/m0/s1. The molecular weight excluding hydrogens is 302 g/mol. The van der Waals surface area contributed by atoms with Crippen LogP contribution in [-0.4, -0.2) is 86.4 Å². The molecule has 2 rings (SSSR count). The molecule has 22 heavy (non-hydrogen) atoms. The van der Waals surface area contributed by atoms with Crippen LogP contribution in [0.25, 0.3) is 0 Å². The van der Waals surface area contributed by atoms with Crippen molar-refractivity contribution in [1.29, 1.82) is 0 Å². The number of nitrogens with one attached hydrogen (secondary N) is 1. The van der Waals surface area contributed by atoms with Gasteiger partial charge in [-0.3, -0.25) is 4.79 Å². The van der Waals surface area contributed by atoms with Crippen LogP contribution in [0.3, 0.4) is 0 Å². The number of carboxylic acids is 1. The zero-order valence-corrected chi connectivity index (χ0v) is 11.8. The van der Waals surface area contributed by atoms with Gasteiger partial charge in [0.1, 0.15) is 17.8 Å². The summed E-state index contributed by atoms with van der Waals surface area (Å²) in [6.45, 7) is -0.140. The molecule has 6 atom stereocenters. The van der Waals surface area contributed by atoms with Crippen molar-refractivity contribution in [2.45, 2.75) is 49.1 Å². The van der Waals surface area contributed by atoms with Crippen molar-refractivity contribution in [2.75, 3.05) is 13.2 Å². The number of amides is 1. The number of aliphatic hydroxyl groups excluding tert-OH is 4. The highest BCUT2D eigenvalue weighted by molar-refractivity contribution is 5.77. The van der Waals surface area contributed by atoms with Crippen molar-refractivity contribution in [3.05, 3.63) is 0 Å². The molecule has 2 heterocycles. The molecular formula is C12H19NO9. The maximum absolute atomic E-state index is 11.4. The number of aliphatic hydroxyl groups is 4. The molecule has 2 aliphatic rings. The molecule has 0 saturated carbocycles. The van der Waals surface area contributed by atoms with Crippen molar-refractivity contribution >= 4 is 11.9 Å². The van der Waals surface area contributed by atoms with Crippen LogP contribution in [0, 0.1) is 0 Å². The van der Waals surface area contributed by atoms with Gasteiger partial charge in [-0.15, -0.1) is 0 Å². The average molecular weight is 321 g/mol. The lowest BCUT2D eigenvalue weighted by molar-refractivity contribution is -0.269. The van der Waals surface area contributed by atoms with Crippen molar-refractivity contribution in [2.24, 2.45) is 0 Å². The third kappa shape index (κ3) is 2.47. The Morgan fingerprint density at radius 3 is 2.55 bits per heavy atom. The Morgan fingerprint density at radius 2 is 2.05 bits per heavy atom. The highest BCUT2D eigenvalue weighted by Crippen LogP contribution is 2.46. The van der Waals surface area contributed by atoms with Crippen molar-refractivity contribution in [3.8, 4) is 0 Å². The van der Waals surface area contributed by atoms with E-state index in [0.717, 1.165) is 0 Å². The molecule has 0 aromatic heterocycles. The zero-order valence-electron chi connectivity index (χ0n) is 11.8. The Labute approximate surface area is 125 Å². The van der Waals surface area contributed by atoms with E-state index < -0.39 is 67.3 Å². The fourth-order valence-electron chi connectivity index (χ4n) is 2.95. The van der Waals surface area contributed by atoms with E-state index in [-0.39, 0.29) is 0 Å². The van der Waals surface area contributed by atoms with Crippen LogP contribution in [0.2, 0.25) is 0 Å². The molecule has 10 nitrogen and oxygen atoms in total. The fourth-order valence-corrected chi connectivity index (χ4v) is 2.95. The quantitative estimate of drug-likeness (QED) is 0.302. The number of rotatable bonds is 5. The topological polar surface area (TPSA) is 166 Å². The molecule has 0 spiro atoms. The summed E-state index contributed by atoms with van der Waals surface area (Å²) in [5, 5.41) is 50.7. The first-order valence-electron chi connectivity index (χ1n) is 6.68. The number of ether oxygens (including phenoxy) is 2. The van der Waals surface area contributed by atoms with E-state index in [4.69, 9.17) is 14.6 Å². The Bertz CT molecular complexity index is 472. The number of hydrogen-bond donors (Lipinski definition) is 6. The molecule has 0 radical (unpaired) electrons. The lowest BCUT2D eigenvalue weighted by Gasteiger charge is -2.47. The second kappa shape index (κ2) is 5.72. The van der Waals surface area contributed by atoms with Crippen molar-refractivity contribution in [3.63, 3.8) is 0 Å². The lowest BCUT2D eigenvalue weighted by Crippen LogP contribution is -2.71. The van der Waals surface area contributed by atoms with E-state index in [1.807, 2.05) is 0 Å². The summed E-state index contributed by atoms with van der Waals surface area (Å²) in [5.41, 5.74) is -1.90. The normalized spacial score (nSPS) is 40.0. The van der Waals surface area contributed by atoms with Crippen LogP contribution < -0.4 is 5.32 Å².